The maximum absolute atomic E-state index is 11.1. The average molecular weight is 388 g/mol. The quantitative estimate of drug-likeness (QED) is 0.744. The molecule has 23 heavy (non-hydrogen) atoms. The van der Waals surface area contributed by atoms with Crippen LogP contribution in [0.25, 0.3) is 0 Å². The van der Waals surface area contributed by atoms with Crippen LogP contribution in [0, 0.1) is 30.7 Å². The van der Waals surface area contributed by atoms with E-state index in [-0.39, 0.29) is 38.6 Å². The zero-order valence-corrected chi connectivity index (χ0v) is 17.0. The number of aliphatic carboxylic acids is 1. The Balaban J connectivity index is 0.00000192. The Morgan fingerprint density at radius 2 is 1.57 bits per heavy atom. The first kappa shape index (κ1) is 19.1. The number of rotatable bonds is 3. The zero-order chi connectivity index (χ0) is 15.5. The Morgan fingerprint density at radius 1 is 1.00 bits per heavy atom. The minimum absolute atomic E-state index is 0. The SMILES string of the molecule is Cc1[c-]cc(C2CCC(C3CCC(C(=O)O)CC3)CC2)cc1.[Y]. The predicted octanol–water partition coefficient (Wildman–Crippen LogP) is 4.96. The van der Waals surface area contributed by atoms with Crippen molar-refractivity contribution >= 4 is 5.97 Å². The van der Waals surface area contributed by atoms with Crippen LogP contribution in [-0.2, 0) is 37.5 Å². The van der Waals surface area contributed by atoms with E-state index in [4.69, 9.17) is 5.11 Å². The normalized spacial score (nSPS) is 31.2. The van der Waals surface area contributed by atoms with Crippen molar-refractivity contribution in [1.82, 2.24) is 0 Å². The van der Waals surface area contributed by atoms with Gasteiger partial charge in [-0.2, -0.15) is 35.4 Å². The van der Waals surface area contributed by atoms with Crippen molar-refractivity contribution in [2.75, 3.05) is 0 Å². The number of benzene rings is 1. The Labute approximate surface area is 165 Å². The Morgan fingerprint density at radius 3 is 2.04 bits per heavy atom. The van der Waals surface area contributed by atoms with Gasteiger partial charge in [0.15, 0.2) is 0 Å². The number of carboxylic acids is 1. The molecule has 0 aromatic heterocycles. The van der Waals surface area contributed by atoms with Crippen molar-refractivity contribution in [3.05, 3.63) is 35.4 Å². The number of hydrogen-bond donors (Lipinski definition) is 1. The summed E-state index contributed by atoms with van der Waals surface area (Å²) < 4.78 is 0. The third-order valence-corrected chi connectivity index (χ3v) is 6.02. The fourth-order valence-electron chi connectivity index (χ4n) is 4.53. The summed E-state index contributed by atoms with van der Waals surface area (Å²) >= 11 is 0. The summed E-state index contributed by atoms with van der Waals surface area (Å²) in [6.45, 7) is 2.09. The van der Waals surface area contributed by atoms with Crippen LogP contribution in [-0.4, -0.2) is 11.1 Å². The Bertz CT molecular complexity index is 495. The van der Waals surface area contributed by atoms with Gasteiger partial charge < -0.3 is 5.11 Å². The summed E-state index contributed by atoms with van der Waals surface area (Å²) in [5, 5.41) is 9.11. The van der Waals surface area contributed by atoms with Gasteiger partial charge in [0.1, 0.15) is 0 Å². The Kier molecular flexibility index (Phi) is 7.29. The van der Waals surface area contributed by atoms with Crippen LogP contribution in [0.4, 0.5) is 0 Å². The van der Waals surface area contributed by atoms with E-state index in [0.29, 0.717) is 5.92 Å². The summed E-state index contributed by atoms with van der Waals surface area (Å²) in [6, 6.07) is 9.96. The second-order valence-corrected chi connectivity index (χ2v) is 7.37. The summed E-state index contributed by atoms with van der Waals surface area (Å²) in [5.74, 6) is 1.67. The zero-order valence-electron chi connectivity index (χ0n) is 14.1. The van der Waals surface area contributed by atoms with Crippen molar-refractivity contribution in [2.24, 2.45) is 17.8 Å². The van der Waals surface area contributed by atoms with E-state index in [0.717, 1.165) is 37.5 Å². The molecule has 2 aliphatic carbocycles. The van der Waals surface area contributed by atoms with Gasteiger partial charge in [-0.1, -0.05) is 38.5 Å². The molecule has 3 heteroatoms. The minimum atomic E-state index is -0.585. The molecular formula is C20H27O2Y-. The molecule has 2 aliphatic rings. The summed E-state index contributed by atoms with van der Waals surface area (Å²) in [7, 11) is 0. The van der Waals surface area contributed by atoms with Crippen LogP contribution in [0.3, 0.4) is 0 Å². The van der Waals surface area contributed by atoms with E-state index in [1.54, 1.807) is 0 Å². The molecule has 0 saturated heterocycles. The number of hydrogen-bond acceptors (Lipinski definition) is 1. The van der Waals surface area contributed by atoms with Crippen molar-refractivity contribution < 1.29 is 42.6 Å². The van der Waals surface area contributed by atoms with Gasteiger partial charge in [-0.3, -0.25) is 4.79 Å². The molecule has 0 amide bonds. The van der Waals surface area contributed by atoms with Gasteiger partial charge in [-0.05, 0) is 37.5 Å². The summed E-state index contributed by atoms with van der Waals surface area (Å²) in [4.78, 5) is 11.1. The smallest absolute Gasteiger partial charge is 0.306 e. The largest absolute Gasteiger partial charge is 0.481 e. The topological polar surface area (TPSA) is 37.3 Å². The molecule has 123 valence electrons. The molecule has 0 heterocycles. The monoisotopic (exact) mass is 388 g/mol. The summed E-state index contributed by atoms with van der Waals surface area (Å²) in [5.41, 5.74) is 2.67. The van der Waals surface area contributed by atoms with E-state index in [9.17, 15) is 4.79 Å². The molecule has 0 aliphatic heterocycles. The number of aryl methyl sites for hydroxylation is 1. The molecule has 1 aromatic rings. The van der Waals surface area contributed by atoms with Gasteiger partial charge in [0.25, 0.3) is 0 Å². The Hall–Kier alpha value is -0.206. The fourth-order valence-corrected chi connectivity index (χ4v) is 4.53. The van der Waals surface area contributed by atoms with Crippen molar-refractivity contribution in [3.63, 3.8) is 0 Å². The number of carboxylic acid groups (broad SMARTS) is 1. The van der Waals surface area contributed by atoms with E-state index >= 15 is 0 Å². The molecule has 0 atom stereocenters. The first-order chi connectivity index (χ1) is 10.6. The fraction of sp³-hybridized carbons (Fsp3) is 0.650. The number of carbonyl (C=O) groups is 1. The van der Waals surface area contributed by atoms with Gasteiger partial charge in [0.05, 0.1) is 5.92 Å². The maximum Gasteiger partial charge on any atom is 0.306 e. The molecule has 0 unspecified atom stereocenters. The third-order valence-electron chi connectivity index (χ3n) is 6.02. The standard InChI is InChI=1S/C20H27O2.Y/c1-14-2-4-15(5-3-14)16-6-8-17(9-7-16)18-10-12-19(13-11-18)20(21)22;/h2,4-5,16-19H,6-13H2,1H3,(H,21,22);/q-1;. The average Bonchev–Trinajstić information content (AvgIpc) is 2.56. The predicted molar refractivity (Wildman–Crippen MR) is 87.8 cm³/mol. The molecule has 1 N–H and O–H groups in total. The van der Waals surface area contributed by atoms with Gasteiger partial charge in [0, 0.05) is 32.7 Å². The van der Waals surface area contributed by atoms with Gasteiger partial charge in [-0.25, -0.2) is 0 Å². The molecule has 0 bridgehead atoms. The van der Waals surface area contributed by atoms with Crippen LogP contribution in [0.2, 0.25) is 0 Å². The van der Waals surface area contributed by atoms with E-state index in [2.05, 4.69) is 31.2 Å². The van der Waals surface area contributed by atoms with Crippen LogP contribution in [0.5, 0.6) is 0 Å². The van der Waals surface area contributed by atoms with Gasteiger partial charge in [0.2, 0.25) is 0 Å². The van der Waals surface area contributed by atoms with Crippen molar-refractivity contribution in [2.45, 2.75) is 64.2 Å². The van der Waals surface area contributed by atoms with Crippen LogP contribution in [0.1, 0.15) is 68.4 Å². The molecule has 2 saturated carbocycles. The summed E-state index contributed by atoms with van der Waals surface area (Å²) in [6.07, 6.45) is 9.28. The van der Waals surface area contributed by atoms with Gasteiger partial charge in [-0.15, -0.1) is 0 Å². The minimum Gasteiger partial charge on any atom is -0.481 e. The molecule has 1 radical (unpaired) electrons. The maximum atomic E-state index is 11.1. The molecule has 1 aromatic carbocycles. The van der Waals surface area contributed by atoms with E-state index in [1.807, 2.05) is 0 Å². The molecule has 2 nitrogen and oxygen atoms in total. The van der Waals surface area contributed by atoms with Crippen LogP contribution < -0.4 is 0 Å². The van der Waals surface area contributed by atoms with Crippen molar-refractivity contribution in [3.8, 4) is 0 Å². The molecule has 3 rings (SSSR count). The first-order valence-electron chi connectivity index (χ1n) is 8.84. The first-order valence-corrected chi connectivity index (χ1v) is 8.84. The molecule has 0 spiro atoms. The van der Waals surface area contributed by atoms with Gasteiger partial charge >= 0.3 is 5.97 Å². The second kappa shape index (κ2) is 8.76. The molecular weight excluding hydrogens is 361 g/mol. The molecule has 2 fully saturated rings. The van der Waals surface area contributed by atoms with Crippen molar-refractivity contribution in [1.29, 1.82) is 0 Å². The van der Waals surface area contributed by atoms with Crippen LogP contribution >= 0.6 is 0 Å². The van der Waals surface area contributed by atoms with E-state index < -0.39 is 5.97 Å². The van der Waals surface area contributed by atoms with Crippen LogP contribution in [0.15, 0.2) is 18.2 Å². The van der Waals surface area contributed by atoms with E-state index in [1.165, 1.54) is 36.8 Å². The third kappa shape index (κ3) is 4.89. The second-order valence-electron chi connectivity index (χ2n) is 7.37.